The lowest BCUT2D eigenvalue weighted by Gasteiger charge is -2.39. The molecule has 0 bridgehead atoms. The van der Waals surface area contributed by atoms with Gasteiger partial charge in [0.1, 0.15) is 11.5 Å². The maximum absolute atomic E-state index is 13.5. The SMILES string of the molecule is CCOC(=O)C1C(=O)C(Oc2ccc(Cl)cc2)C(O)(C(F)(F)F)N=C1C(F)(F)F. The number of alkyl halides is 6. The van der Waals surface area contributed by atoms with E-state index in [1.165, 1.54) is 6.92 Å². The third-order valence-corrected chi connectivity index (χ3v) is 4.02. The van der Waals surface area contributed by atoms with E-state index in [1.807, 2.05) is 0 Å². The van der Waals surface area contributed by atoms with Gasteiger partial charge in [-0.2, -0.15) is 26.3 Å². The van der Waals surface area contributed by atoms with Crippen LogP contribution in [0.1, 0.15) is 6.92 Å². The van der Waals surface area contributed by atoms with E-state index < -0.39 is 59.9 Å². The number of hydrogen-bond donors (Lipinski definition) is 1. The monoisotopic (exact) mass is 447 g/mol. The number of ketones is 1. The van der Waals surface area contributed by atoms with Crippen LogP contribution in [0.25, 0.3) is 0 Å². The minimum atomic E-state index is -5.85. The summed E-state index contributed by atoms with van der Waals surface area (Å²) in [5.41, 5.74) is -7.03. The fraction of sp³-hybridized carbons (Fsp3) is 0.438. The molecule has 0 spiro atoms. The van der Waals surface area contributed by atoms with Crippen molar-refractivity contribution in [3.63, 3.8) is 0 Å². The molecule has 0 aromatic heterocycles. The van der Waals surface area contributed by atoms with Crippen molar-refractivity contribution in [3.05, 3.63) is 29.3 Å². The smallest absolute Gasteiger partial charge is 0.442 e. The number of ether oxygens (including phenoxy) is 2. The molecule has 0 saturated carbocycles. The normalized spacial score (nSPS) is 25.4. The second-order valence-electron chi connectivity index (χ2n) is 5.76. The van der Waals surface area contributed by atoms with Gasteiger partial charge in [0.25, 0.3) is 5.72 Å². The molecule has 0 fully saturated rings. The van der Waals surface area contributed by atoms with Gasteiger partial charge >= 0.3 is 18.3 Å². The molecule has 3 unspecified atom stereocenters. The quantitative estimate of drug-likeness (QED) is 0.435. The van der Waals surface area contributed by atoms with E-state index in [2.05, 4.69) is 9.73 Å². The molecule has 0 radical (unpaired) electrons. The first-order valence-electron chi connectivity index (χ1n) is 7.81. The highest BCUT2D eigenvalue weighted by atomic mass is 35.5. The van der Waals surface area contributed by atoms with Gasteiger partial charge in [-0.1, -0.05) is 11.6 Å². The van der Waals surface area contributed by atoms with Crippen LogP contribution in [0, 0.1) is 5.92 Å². The average molecular weight is 448 g/mol. The van der Waals surface area contributed by atoms with Gasteiger partial charge in [-0.25, -0.2) is 4.99 Å². The Bertz CT molecular complexity index is 823. The highest BCUT2D eigenvalue weighted by Gasteiger charge is 2.69. The Balaban J connectivity index is 2.66. The van der Waals surface area contributed by atoms with Crippen molar-refractivity contribution in [2.45, 2.75) is 31.1 Å². The molecule has 160 valence electrons. The molecule has 0 amide bonds. The summed E-state index contributed by atoms with van der Waals surface area (Å²) >= 11 is 5.62. The number of carbonyl (C=O) groups excluding carboxylic acids is 2. The summed E-state index contributed by atoms with van der Waals surface area (Å²) in [5.74, 6) is -7.10. The van der Waals surface area contributed by atoms with Crippen LogP contribution in [0.2, 0.25) is 5.02 Å². The highest BCUT2D eigenvalue weighted by Crippen LogP contribution is 2.43. The molecule has 6 nitrogen and oxygen atoms in total. The van der Waals surface area contributed by atoms with Crippen LogP contribution >= 0.6 is 11.6 Å². The second kappa shape index (κ2) is 7.82. The Morgan fingerprint density at radius 3 is 2.21 bits per heavy atom. The van der Waals surface area contributed by atoms with Crippen molar-refractivity contribution in [3.8, 4) is 5.75 Å². The third kappa shape index (κ3) is 4.47. The van der Waals surface area contributed by atoms with Gasteiger partial charge in [-0.15, -0.1) is 0 Å². The van der Waals surface area contributed by atoms with Crippen LogP contribution in [0.4, 0.5) is 26.3 Å². The number of esters is 1. The fourth-order valence-corrected chi connectivity index (χ4v) is 2.60. The summed E-state index contributed by atoms with van der Waals surface area (Å²) in [6.45, 7) is 0.753. The lowest BCUT2D eigenvalue weighted by molar-refractivity contribution is -0.281. The third-order valence-electron chi connectivity index (χ3n) is 3.77. The van der Waals surface area contributed by atoms with Crippen molar-refractivity contribution in [1.29, 1.82) is 0 Å². The number of aliphatic hydroxyl groups is 1. The van der Waals surface area contributed by atoms with E-state index in [4.69, 9.17) is 16.3 Å². The Morgan fingerprint density at radius 2 is 1.76 bits per heavy atom. The van der Waals surface area contributed by atoms with Gasteiger partial charge in [0, 0.05) is 5.02 Å². The number of hydrogen-bond acceptors (Lipinski definition) is 6. The first-order valence-corrected chi connectivity index (χ1v) is 8.18. The number of benzene rings is 1. The van der Waals surface area contributed by atoms with Crippen molar-refractivity contribution < 1.29 is 50.5 Å². The molecular formula is C16H12ClF6NO5. The van der Waals surface area contributed by atoms with Crippen molar-refractivity contribution in [2.24, 2.45) is 10.9 Å². The molecule has 2 rings (SSSR count). The van der Waals surface area contributed by atoms with Gasteiger partial charge in [-0.05, 0) is 31.2 Å². The number of rotatable bonds is 4. The maximum atomic E-state index is 13.5. The number of halogens is 7. The van der Waals surface area contributed by atoms with Gasteiger partial charge in [0.15, 0.2) is 11.7 Å². The highest BCUT2D eigenvalue weighted by molar-refractivity contribution is 6.30. The average Bonchev–Trinajstić information content (AvgIpc) is 2.58. The van der Waals surface area contributed by atoms with E-state index in [-0.39, 0.29) is 5.02 Å². The topological polar surface area (TPSA) is 85.2 Å². The van der Waals surface area contributed by atoms with E-state index in [0.717, 1.165) is 24.3 Å². The molecule has 1 aliphatic heterocycles. The second-order valence-corrected chi connectivity index (χ2v) is 6.19. The summed E-state index contributed by atoms with van der Waals surface area (Å²) in [6, 6.07) is 4.33. The Hall–Kier alpha value is -2.34. The zero-order chi connectivity index (χ0) is 22.2. The number of Topliss-reactive ketones (excluding diaryl/α,β-unsaturated/α-hetero) is 1. The van der Waals surface area contributed by atoms with E-state index in [1.54, 1.807) is 0 Å². The molecule has 1 N–H and O–H groups in total. The predicted octanol–water partition coefficient (Wildman–Crippen LogP) is 3.10. The Morgan fingerprint density at radius 1 is 1.21 bits per heavy atom. The molecule has 1 heterocycles. The van der Waals surface area contributed by atoms with Crippen molar-refractivity contribution >= 4 is 29.1 Å². The van der Waals surface area contributed by atoms with Crippen LogP contribution in [0.15, 0.2) is 29.3 Å². The maximum Gasteiger partial charge on any atom is 0.442 e. The van der Waals surface area contributed by atoms with Gasteiger partial charge < -0.3 is 14.6 Å². The largest absolute Gasteiger partial charge is 0.477 e. The molecule has 1 aromatic carbocycles. The fourth-order valence-electron chi connectivity index (χ4n) is 2.47. The van der Waals surface area contributed by atoms with E-state index in [0.29, 0.717) is 0 Å². The Kier molecular flexibility index (Phi) is 6.19. The van der Waals surface area contributed by atoms with E-state index >= 15 is 0 Å². The van der Waals surface area contributed by atoms with Crippen LogP contribution in [0.5, 0.6) is 5.75 Å². The van der Waals surface area contributed by atoms with Gasteiger partial charge in [-0.3, -0.25) is 9.59 Å². The Labute approximate surface area is 164 Å². The molecule has 29 heavy (non-hydrogen) atoms. The molecule has 3 atom stereocenters. The molecule has 0 aliphatic carbocycles. The molecule has 1 aliphatic rings. The standard InChI is InChI=1S/C16H12ClF6NO5/c1-2-28-13(26)9-10(25)12(29-8-5-3-7(17)4-6-8)14(27,16(21,22)23)24-11(9)15(18,19)20/h3-6,9,12,27H,2H2,1H3. The lowest BCUT2D eigenvalue weighted by atomic mass is 9.84. The summed E-state index contributed by atoms with van der Waals surface area (Å²) in [6.07, 6.45) is -14.5. The molecule has 1 aromatic rings. The van der Waals surface area contributed by atoms with Crippen LogP contribution in [0.3, 0.4) is 0 Å². The summed E-state index contributed by atoms with van der Waals surface area (Å²) in [7, 11) is 0. The first-order chi connectivity index (χ1) is 13.2. The molecule has 13 heteroatoms. The number of aliphatic imine (C=N–C) groups is 1. The minimum Gasteiger partial charge on any atom is -0.477 e. The summed E-state index contributed by atoms with van der Waals surface area (Å²) < 4.78 is 89.4. The molecular weight excluding hydrogens is 436 g/mol. The first kappa shape index (κ1) is 22.9. The zero-order valence-electron chi connectivity index (χ0n) is 14.3. The van der Waals surface area contributed by atoms with Gasteiger partial charge in [0.2, 0.25) is 6.10 Å². The lowest BCUT2D eigenvalue weighted by Crippen LogP contribution is -2.66. The van der Waals surface area contributed by atoms with Crippen molar-refractivity contribution in [1.82, 2.24) is 0 Å². The van der Waals surface area contributed by atoms with Crippen LogP contribution < -0.4 is 4.74 Å². The van der Waals surface area contributed by atoms with Crippen LogP contribution in [-0.2, 0) is 14.3 Å². The number of nitrogens with zero attached hydrogens (tertiary/aromatic N) is 1. The van der Waals surface area contributed by atoms with Gasteiger partial charge in [0.05, 0.1) is 6.61 Å². The van der Waals surface area contributed by atoms with Crippen LogP contribution in [-0.4, -0.2) is 53.4 Å². The van der Waals surface area contributed by atoms with Crippen molar-refractivity contribution in [2.75, 3.05) is 6.61 Å². The predicted molar refractivity (Wildman–Crippen MR) is 85.5 cm³/mol. The van der Waals surface area contributed by atoms with E-state index in [9.17, 15) is 41.0 Å². The zero-order valence-corrected chi connectivity index (χ0v) is 15.1. The number of carbonyl (C=O) groups is 2. The summed E-state index contributed by atoms with van der Waals surface area (Å²) in [4.78, 5) is 26.8. The minimum absolute atomic E-state index is 0.139. The molecule has 0 saturated heterocycles. The summed E-state index contributed by atoms with van der Waals surface area (Å²) in [5, 5.41) is 10.1.